The number of aromatic hydroxyl groups is 1. The number of fused-ring (bicyclic) bond motifs is 3. The van der Waals surface area contributed by atoms with Crippen molar-refractivity contribution in [2.24, 2.45) is 7.05 Å². The van der Waals surface area contributed by atoms with Crippen LogP contribution in [0.15, 0.2) is 135 Å². The molecule has 5 aromatic carbocycles. The molecule has 5 heterocycles. The third kappa shape index (κ3) is 11.5. The van der Waals surface area contributed by atoms with Crippen molar-refractivity contribution in [3.63, 3.8) is 0 Å². The number of aromatic nitrogens is 10. The van der Waals surface area contributed by atoms with E-state index in [0.29, 0.717) is 80.2 Å². The van der Waals surface area contributed by atoms with Gasteiger partial charge in [-0.05, 0) is 55.0 Å². The Kier molecular flexibility index (Phi) is 14.7. The van der Waals surface area contributed by atoms with Crippen molar-refractivity contribution >= 4 is 67.3 Å². The third-order valence-corrected chi connectivity index (χ3v) is 10.7. The van der Waals surface area contributed by atoms with E-state index >= 15 is 0 Å². The number of hydrogen-bond donors (Lipinski definition) is 3. The first kappa shape index (κ1) is 46.8. The van der Waals surface area contributed by atoms with E-state index in [2.05, 4.69) is 50.5 Å². The Balaban J connectivity index is 0.000000155. The molecule has 0 unspecified atom stereocenters. The van der Waals surface area contributed by atoms with Gasteiger partial charge in [-0.15, -0.1) is 0 Å². The highest BCUT2D eigenvalue weighted by Gasteiger charge is 2.16. The molecule has 0 fully saturated rings. The smallest absolute Gasteiger partial charge is 0.164 e. The standard InChI is InChI=1S/C21H20FN5O3.C20H17ClFN5O2.C8H6N2/c1-12-6-14(22)16(8-17(12)28)26-21-13-7-18(29-3)19(9-15(13)24-11-25-21)30-10-20-23-4-5-27(20)2;1-28-18-9-14-17(10-19(18)29-7-6-27-5-4-23-12-27)24-11-25-20(14)26-16-3-2-13(21)8-15(16)22;1-2-4-8-7(3-1)5-9-6-10-8/h4-9,11,28H,10H2,1-3H3,(H,24,25,26);2-5,8-12H,6-7H2,1H3,(H,24,25,26);1-6H. The Morgan fingerprint density at radius 1 is 0.667 bits per heavy atom. The number of ether oxygens (including phenoxy) is 4. The van der Waals surface area contributed by atoms with Crippen LogP contribution in [0.2, 0.25) is 5.02 Å². The summed E-state index contributed by atoms with van der Waals surface area (Å²) in [5.74, 6) is 2.64. The summed E-state index contributed by atoms with van der Waals surface area (Å²) >= 11 is 5.82. The lowest BCUT2D eigenvalue weighted by Gasteiger charge is -2.14. The van der Waals surface area contributed by atoms with Crippen molar-refractivity contribution in [2.75, 3.05) is 31.5 Å². The molecule has 0 atom stereocenters. The van der Waals surface area contributed by atoms with Gasteiger partial charge in [0.05, 0.1) is 55.0 Å². The quantitative estimate of drug-likeness (QED) is 0.0987. The maximum atomic E-state index is 14.3. The molecule has 5 aromatic heterocycles. The summed E-state index contributed by atoms with van der Waals surface area (Å²) in [6.45, 7) is 2.97. The molecule has 0 aliphatic rings. The van der Waals surface area contributed by atoms with Crippen molar-refractivity contribution in [2.45, 2.75) is 20.1 Å². The largest absolute Gasteiger partial charge is 0.508 e. The van der Waals surface area contributed by atoms with E-state index in [1.54, 1.807) is 75.5 Å². The van der Waals surface area contributed by atoms with Crippen LogP contribution in [0.1, 0.15) is 11.4 Å². The number of para-hydroxylation sites is 1. The molecule has 20 heteroatoms. The summed E-state index contributed by atoms with van der Waals surface area (Å²) in [6, 6.07) is 21.9. The van der Waals surface area contributed by atoms with E-state index in [-0.39, 0.29) is 23.7 Å². The minimum absolute atomic E-state index is 0.0141. The lowest BCUT2D eigenvalue weighted by atomic mass is 10.1. The van der Waals surface area contributed by atoms with E-state index in [1.807, 2.05) is 59.0 Å². The SMILES string of the molecule is COc1cc2c(Nc3cc(O)c(C)cc3F)ncnc2cc1OCc1nccn1C.COc1cc2c(Nc3ccc(Cl)cc3F)ncnc2cc1OCCn1ccnc1.c1ccc2ncncc2c1. The zero-order valence-electron chi connectivity index (χ0n) is 37.5. The zero-order valence-corrected chi connectivity index (χ0v) is 38.3. The molecule has 10 aromatic rings. The number of phenolic OH excluding ortho intramolecular Hbond substituents is 1. The molecule has 0 saturated heterocycles. The van der Waals surface area contributed by atoms with Crippen LogP contribution in [0, 0.1) is 18.6 Å². The molecule has 0 bridgehead atoms. The highest BCUT2D eigenvalue weighted by molar-refractivity contribution is 6.30. The van der Waals surface area contributed by atoms with E-state index < -0.39 is 11.6 Å². The second kappa shape index (κ2) is 21.7. The first-order chi connectivity index (χ1) is 33.6. The molecule has 0 aliphatic heterocycles. The fourth-order valence-corrected chi connectivity index (χ4v) is 6.92. The van der Waals surface area contributed by atoms with E-state index in [4.69, 9.17) is 30.5 Å². The summed E-state index contributed by atoms with van der Waals surface area (Å²) in [4.78, 5) is 33.3. The zero-order chi connectivity index (χ0) is 48.3. The molecule has 17 nitrogen and oxygen atoms in total. The number of nitrogens with zero attached hydrogens (tertiary/aromatic N) is 10. The van der Waals surface area contributed by atoms with Gasteiger partial charge in [0.1, 0.15) is 67.0 Å². The van der Waals surface area contributed by atoms with Gasteiger partial charge in [-0.1, -0.05) is 29.8 Å². The number of phenols is 1. The van der Waals surface area contributed by atoms with Crippen molar-refractivity contribution < 1.29 is 32.8 Å². The van der Waals surface area contributed by atoms with Crippen LogP contribution in [0.25, 0.3) is 32.7 Å². The van der Waals surface area contributed by atoms with Gasteiger partial charge < -0.3 is 43.8 Å². The average Bonchev–Trinajstić information content (AvgIpc) is 4.05. The van der Waals surface area contributed by atoms with E-state index in [0.717, 1.165) is 16.7 Å². The van der Waals surface area contributed by atoms with Gasteiger partial charge >= 0.3 is 0 Å². The first-order valence-electron chi connectivity index (χ1n) is 21.0. The van der Waals surface area contributed by atoms with Crippen molar-refractivity contribution in [1.29, 1.82) is 0 Å². The van der Waals surface area contributed by atoms with E-state index in [1.165, 1.54) is 38.0 Å². The minimum Gasteiger partial charge on any atom is -0.508 e. The summed E-state index contributed by atoms with van der Waals surface area (Å²) in [5, 5.41) is 18.5. The van der Waals surface area contributed by atoms with Gasteiger partial charge in [0.15, 0.2) is 23.0 Å². The molecule has 0 saturated carbocycles. The molecule has 69 heavy (non-hydrogen) atoms. The maximum absolute atomic E-state index is 14.3. The molecule has 10 rings (SSSR count). The Morgan fingerprint density at radius 3 is 1.97 bits per heavy atom. The van der Waals surface area contributed by atoms with Crippen molar-refractivity contribution in [3.05, 3.63) is 163 Å². The number of hydrogen-bond acceptors (Lipinski definition) is 15. The van der Waals surface area contributed by atoms with Crippen LogP contribution in [0.3, 0.4) is 0 Å². The third-order valence-electron chi connectivity index (χ3n) is 10.4. The van der Waals surface area contributed by atoms with Gasteiger partial charge in [0.2, 0.25) is 0 Å². The number of halogens is 3. The highest BCUT2D eigenvalue weighted by atomic mass is 35.5. The Morgan fingerprint density at radius 2 is 1.33 bits per heavy atom. The van der Waals surface area contributed by atoms with Crippen LogP contribution in [0.5, 0.6) is 28.7 Å². The number of aryl methyl sites for hydroxylation is 2. The number of imidazole rings is 2. The Hall–Kier alpha value is -8.71. The normalized spacial score (nSPS) is 10.8. The van der Waals surface area contributed by atoms with Crippen LogP contribution in [-0.4, -0.2) is 74.9 Å². The predicted octanol–water partition coefficient (Wildman–Crippen LogP) is 9.93. The lowest BCUT2D eigenvalue weighted by Crippen LogP contribution is -2.07. The maximum Gasteiger partial charge on any atom is 0.164 e. The lowest BCUT2D eigenvalue weighted by molar-refractivity contribution is 0.273. The first-order valence-corrected chi connectivity index (χ1v) is 21.4. The van der Waals surface area contributed by atoms with Gasteiger partial charge in [0.25, 0.3) is 0 Å². The van der Waals surface area contributed by atoms with Gasteiger partial charge in [-0.2, -0.15) is 0 Å². The monoisotopic (exact) mass is 952 g/mol. The van der Waals surface area contributed by atoms with E-state index in [9.17, 15) is 13.9 Å². The number of benzene rings is 5. The number of rotatable bonds is 13. The highest BCUT2D eigenvalue weighted by Crippen LogP contribution is 2.37. The Labute approximate surface area is 398 Å². The molecule has 350 valence electrons. The summed E-state index contributed by atoms with van der Waals surface area (Å²) in [5.41, 5.74) is 3.02. The predicted molar refractivity (Wildman–Crippen MR) is 258 cm³/mol. The molecule has 0 radical (unpaired) electrons. The van der Waals surface area contributed by atoms with Crippen molar-refractivity contribution in [3.8, 4) is 28.7 Å². The molecule has 0 amide bonds. The van der Waals surface area contributed by atoms with Crippen LogP contribution in [-0.2, 0) is 20.2 Å². The molecular formula is C49H43ClF2N12O5. The van der Waals surface area contributed by atoms with Crippen LogP contribution >= 0.6 is 11.6 Å². The summed E-state index contributed by atoms with van der Waals surface area (Å²) in [6.07, 6.45) is 15.0. The number of anilines is 4. The second-order valence-corrected chi connectivity index (χ2v) is 15.4. The minimum atomic E-state index is -0.501. The van der Waals surface area contributed by atoms with Crippen LogP contribution in [0.4, 0.5) is 31.8 Å². The number of nitrogens with one attached hydrogen (secondary N) is 2. The second-order valence-electron chi connectivity index (χ2n) is 15.0. The van der Waals surface area contributed by atoms with Gasteiger partial charge in [-0.25, -0.2) is 48.7 Å². The average molecular weight is 953 g/mol. The molecule has 0 aliphatic carbocycles. The Bertz CT molecular complexity index is 3300. The fourth-order valence-electron chi connectivity index (χ4n) is 6.76. The topological polar surface area (TPSA) is 194 Å². The molecule has 0 spiro atoms. The summed E-state index contributed by atoms with van der Waals surface area (Å²) in [7, 11) is 4.97. The molecular weight excluding hydrogens is 910 g/mol. The van der Waals surface area contributed by atoms with Gasteiger partial charge in [-0.3, -0.25) is 0 Å². The number of methoxy groups -OCH3 is 2. The van der Waals surface area contributed by atoms with Gasteiger partial charge in [0, 0.05) is 77.4 Å². The van der Waals surface area contributed by atoms with Crippen LogP contribution < -0.4 is 29.6 Å². The van der Waals surface area contributed by atoms with Crippen molar-refractivity contribution in [1.82, 2.24) is 49.0 Å². The summed E-state index contributed by atoms with van der Waals surface area (Å²) < 4.78 is 55.0. The fraction of sp³-hybridized carbons (Fsp3) is 0.143. The molecule has 3 N–H and O–H groups in total.